The van der Waals surface area contributed by atoms with Crippen molar-refractivity contribution in [3.8, 4) is 0 Å². The van der Waals surface area contributed by atoms with Gasteiger partial charge in [0, 0.05) is 19.3 Å². The lowest BCUT2D eigenvalue weighted by atomic mass is 9.75. The molecule has 0 spiro atoms. The zero-order valence-corrected chi connectivity index (χ0v) is 11.4. The van der Waals surface area contributed by atoms with Crippen LogP contribution in [0.15, 0.2) is 6.20 Å². The minimum atomic E-state index is -0.157. The van der Waals surface area contributed by atoms with E-state index in [1.165, 1.54) is 6.42 Å². The highest BCUT2D eigenvalue weighted by Gasteiger charge is 2.29. The number of amides is 1. The van der Waals surface area contributed by atoms with Crippen LogP contribution in [0.3, 0.4) is 0 Å². The molecule has 100 valence electrons. The fourth-order valence-electron chi connectivity index (χ4n) is 2.76. The Morgan fingerprint density at radius 3 is 2.89 bits per heavy atom. The van der Waals surface area contributed by atoms with Gasteiger partial charge in [0.2, 0.25) is 0 Å². The number of nitrogens with zero attached hydrogens (tertiary/aromatic N) is 2. The van der Waals surface area contributed by atoms with Crippen LogP contribution in [0.5, 0.6) is 0 Å². The van der Waals surface area contributed by atoms with E-state index < -0.39 is 0 Å². The van der Waals surface area contributed by atoms with Gasteiger partial charge < -0.3 is 11.1 Å². The fraction of sp³-hybridized carbons (Fsp3) is 0.692. The number of anilines is 1. The number of aryl methyl sites for hydroxylation is 1. The Balaban J connectivity index is 2.01. The van der Waals surface area contributed by atoms with E-state index in [0.717, 1.165) is 19.3 Å². The van der Waals surface area contributed by atoms with Crippen molar-refractivity contribution in [2.45, 2.75) is 45.6 Å². The summed E-state index contributed by atoms with van der Waals surface area (Å²) in [5, 5.41) is 7.14. The van der Waals surface area contributed by atoms with E-state index in [1.54, 1.807) is 17.9 Å². The van der Waals surface area contributed by atoms with Gasteiger partial charge in [-0.15, -0.1) is 0 Å². The minimum absolute atomic E-state index is 0.157. The van der Waals surface area contributed by atoms with Crippen molar-refractivity contribution in [3.05, 3.63) is 11.9 Å². The Kier molecular flexibility index (Phi) is 3.32. The van der Waals surface area contributed by atoms with Crippen LogP contribution in [0, 0.1) is 5.41 Å². The van der Waals surface area contributed by atoms with Crippen LogP contribution in [-0.2, 0) is 7.05 Å². The first-order chi connectivity index (χ1) is 8.37. The van der Waals surface area contributed by atoms with E-state index in [4.69, 9.17) is 5.73 Å². The largest absolute Gasteiger partial charge is 0.396 e. The zero-order chi connectivity index (χ0) is 13.3. The van der Waals surface area contributed by atoms with Gasteiger partial charge in [-0.25, -0.2) is 0 Å². The number of carbonyl (C=O) groups is 1. The molecule has 0 bridgehead atoms. The molecule has 5 nitrogen and oxygen atoms in total. The second kappa shape index (κ2) is 4.63. The fourth-order valence-corrected chi connectivity index (χ4v) is 2.76. The summed E-state index contributed by atoms with van der Waals surface area (Å²) < 4.78 is 1.56. The summed E-state index contributed by atoms with van der Waals surface area (Å²) in [6.07, 6.45) is 6.11. The summed E-state index contributed by atoms with van der Waals surface area (Å²) >= 11 is 0. The Hall–Kier alpha value is -1.52. The molecule has 1 aromatic heterocycles. The molecular weight excluding hydrogens is 228 g/mol. The van der Waals surface area contributed by atoms with Gasteiger partial charge in [0.05, 0.1) is 5.69 Å². The van der Waals surface area contributed by atoms with Gasteiger partial charge in [-0.05, 0) is 24.7 Å². The maximum Gasteiger partial charge on any atom is 0.274 e. The van der Waals surface area contributed by atoms with E-state index >= 15 is 0 Å². The molecule has 1 aliphatic rings. The van der Waals surface area contributed by atoms with Crippen molar-refractivity contribution < 1.29 is 4.79 Å². The third-order valence-corrected chi connectivity index (χ3v) is 3.61. The Morgan fingerprint density at radius 1 is 1.61 bits per heavy atom. The van der Waals surface area contributed by atoms with Crippen LogP contribution in [-0.4, -0.2) is 21.7 Å². The van der Waals surface area contributed by atoms with E-state index in [1.807, 2.05) is 0 Å². The first kappa shape index (κ1) is 12.9. The molecule has 1 aromatic rings. The van der Waals surface area contributed by atoms with Crippen molar-refractivity contribution in [2.24, 2.45) is 12.5 Å². The summed E-state index contributed by atoms with van der Waals surface area (Å²) in [5.74, 6) is -0.157. The van der Waals surface area contributed by atoms with Crippen LogP contribution in [0.4, 0.5) is 5.69 Å². The topological polar surface area (TPSA) is 72.9 Å². The van der Waals surface area contributed by atoms with Crippen molar-refractivity contribution in [1.29, 1.82) is 0 Å². The van der Waals surface area contributed by atoms with E-state index in [2.05, 4.69) is 24.3 Å². The van der Waals surface area contributed by atoms with Gasteiger partial charge in [0.15, 0.2) is 5.69 Å². The normalized spacial score (nSPS) is 22.7. The van der Waals surface area contributed by atoms with Crippen LogP contribution in [0.1, 0.15) is 50.0 Å². The Bertz CT molecular complexity index is 450. The Labute approximate surface area is 108 Å². The van der Waals surface area contributed by atoms with Crippen molar-refractivity contribution in [3.63, 3.8) is 0 Å². The van der Waals surface area contributed by atoms with Crippen molar-refractivity contribution >= 4 is 11.6 Å². The first-order valence-electron chi connectivity index (χ1n) is 6.47. The molecule has 5 heteroatoms. The van der Waals surface area contributed by atoms with E-state index in [0.29, 0.717) is 16.8 Å². The van der Waals surface area contributed by atoms with Crippen LogP contribution < -0.4 is 11.1 Å². The van der Waals surface area contributed by atoms with E-state index in [9.17, 15) is 4.79 Å². The zero-order valence-electron chi connectivity index (χ0n) is 11.4. The average molecular weight is 250 g/mol. The second-order valence-corrected chi connectivity index (χ2v) is 6.04. The quantitative estimate of drug-likeness (QED) is 0.839. The second-order valence-electron chi connectivity index (χ2n) is 6.04. The standard InChI is InChI=1S/C13H22N4O/c1-13(2)6-4-5-9(7-13)15-12(18)11-10(14)8-17(3)16-11/h8-9H,4-7,14H2,1-3H3,(H,15,18). The van der Waals surface area contributed by atoms with Crippen LogP contribution in [0.25, 0.3) is 0 Å². The molecule has 1 unspecified atom stereocenters. The predicted molar refractivity (Wildman–Crippen MR) is 71.1 cm³/mol. The number of carbonyl (C=O) groups excluding carboxylic acids is 1. The molecule has 0 radical (unpaired) electrons. The van der Waals surface area contributed by atoms with Crippen molar-refractivity contribution in [1.82, 2.24) is 15.1 Å². The molecule has 1 atom stereocenters. The maximum atomic E-state index is 12.1. The molecule has 0 saturated heterocycles. The summed E-state index contributed by atoms with van der Waals surface area (Å²) in [4.78, 5) is 12.1. The highest BCUT2D eigenvalue weighted by molar-refractivity contribution is 5.97. The summed E-state index contributed by atoms with van der Waals surface area (Å²) in [6.45, 7) is 4.50. The van der Waals surface area contributed by atoms with Crippen LogP contribution in [0.2, 0.25) is 0 Å². The van der Waals surface area contributed by atoms with E-state index in [-0.39, 0.29) is 11.9 Å². The molecule has 18 heavy (non-hydrogen) atoms. The third kappa shape index (κ3) is 2.83. The highest BCUT2D eigenvalue weighted by Crippen LogP contribution is 2.35. The Morgan fingerprint density at radius 2 is 2.33 bits per heavy atom. The number of nitrogen functional groups attached to an aromatic ring is 1. The molecule has 0 aliphatic heterocycles. The molecule has 1 heterocycles. The number of hydrogen-bond donors (Lipinski definition) is 2. The average Bonchev–Trinajstić information content (AvgIpc) is 2.56. The lowest BCUT2D eigenvalue weighted by Crippen LogP contribution is -2.41. The van der Waals surface area contributed by atoms with Gasteiger partial charge >= 0.3 is 0 Å². The van der Waals surface area contributed by atoms with Crippen LogP contribution >= 0.6 is 0 Å². The molecule has 2 rings (SSSR count). The minimum Gasteiger partial charge on any atom is -0.396 e. The number of aromatic nitrogens is 2. The molecule has 1 aliphatic carbocycles. The highest BCUT2D eigenvalue weighted by atomic mass is 16.2. The number of rotatable bonds is 2. The van der Waals surface area contributed by atoms with Crippen molar-refractivity contribution in [2.75, 3.05) is 5.73 Å². The molecule has 1 fully saturated rings. The lowest BCUT2D eigenvalue weighted by molar-refractivity contribution is 0.0897. The summed E-state index contributed by atoms with van der Waals surface area (Å²) in [5.41, 5.74) is 6.84. The molecule has 1 amide bonds. The molecule has 3 N–H and O–H groups in total. The van der Waals surface area contributed by atoms with Gasteiger partial charge in [0.25, 0.3) is 5.91 Å². The molecule has 1 saturated carbocycles. The first-order valence-corrected chi connectivity index (χ1v) is 6.47. The van der Waals surface area contributed by atoms with Gasteiger partial charge in [-0.3, -0.25) is 9.48 Å². The van der Waals surface area contributed by atoms with Gasteiger partial charge in [0.1, 0.15) is 0 Å². The third-order valence-electron chi connectivity index (χ3n) is 3.61. The summed E-state index contributed by atoms with van der Waals surface area (Å²) in [6, 6.07) is 0.239. The number of nitrogens with two attached hydrogens (primary N) is 1. The predicted octanol–water partition coefficient (Wildman–Crippen LogP) is 1.70. The summed E-state index contributed by atoms with van der Waals surface area (Å²) in [7, 11) is 1.76. The molecular formula is C13H22N4O. The van der Waals surface area contributed by atoms with Gasteiger partial charge in [-0.1, -0.05) is 20.3 Å². The molecule has 0 aromatic carbocycles. The maximum absolute atomic E-state index is 12.1. The smallest absolute Gasteiger partial charge is 0.274 e. The van der Waals surface area contributed by atoms with Gasteiger partial charge in [-0.2, -0.15) is 5.10 Å². The number of nitrogens with one attached hydrogen (secondary N) is 1. The number of hydrogen-bond acceptors (Lipinski definition) is 3. The SMILES string of the molecule is Cn1cc(N)c(C(=O)NC2CCCC(C)(C)C2)n1. The lowest BCUT2D eigenvalue weighted by Gasteiger charge is -2.35. The monoisotopic (exact) mass is 250 g/mol.